The van der Waals surface area contributed by atoms with Crippen LogP contribution in [0, 0.1) is 0 Å². The van der Waals surface area contributed by atoms with Crippen molar-refractivity contribution in [3.8, 4) is 5.75 Å². The first-order chi connectivity index (χ1) is 12.0. The number of esters is 1. The minimum absolute atomic E-state index is 0.265. The van der Waals surface area contributed by atoms with Crippen molar-refractivity contribution in [2.45, 2.75) is 25.9 Å². The van der Waals surface area contributed by atoms with E-state index in [0.29, 0.717) is 6.61 Å². The number of methoxy groups -OCH3 is 1. The maximum absolute atomic E-state index is 12.0. The molecular formula is C22H22O3. The van der Waals surface area contributed by atoms with Crippen LogP contribution in [0.1, 0.15) is 25.0 Å². The molecular weight excluding hydrogens is 312 g/mol. The average molecular weight is 334 g/mol. The number of hydrogen-bond donors (Lipinski definition) is 0. The van der Waals surface area contributed by atoms with E-state index >= 15 is 0 Å². The molecule has 0 amide bonds. The first-order valence-corrected chi connectivity index (χ1v) is 8.30. The van der Waals surface area contributed by atoms with Crippen LogP contribution >= 0.6 is 0 Å². The second-order valence-corrected chi connectivity index (χ2v) is 6.61. The summed E-state index contributed by atoms with van der Waals surface area (Å²) in [5, 5.41) is 2.41. The lowest BCUT2D eigenvalue weighted by atomic mass is 9.85. The first kappa shape index (κ1) is 17.0. The molecule has 0 aliphatic carbocycles. The summed E-state index contributed by atoms with van der Waals surface area (Å²) in [7, 11) is 1.41. The summed E-state index contributed by atoms with van der Waals surface area (Å²) in [5.74, 6) is 0.474. The summed E-state index contributed by atoms with van der Waals surface area (Å²) >= 11 is 0. The van der Waals surface area contributed by atoms with E-state index in [2.05, 4.69) is 30.3 Å². The Balaban J connectivity index is 1.76. The van der Waals surface area contributed by atoms with Crippen molar-refractivity contribution < 1.29 is 14.3 Å². The second kappa shape index (κ2) is 6.98. The fourth-order valence-corrected chi connectivity index (χ4v) is 2.84. The third-order valence-electron chi connectivity index (χ3n) is 4.47. The van der Waals surface area contributed by atoms with Gasteiger partial charge in [0, 0.05) is 0 Å². The highest BCUT2D eigenvalue weighted by molar-refractivity contribution is 5.83. The molecule has 0 bridgehead atoms. The molecule has 0 aliphatic rings. The molecule has 128 valence electrons. The minimum atomic E-state index is -0.711. The van der Waals surface area contributed by atoms with Gasteiger partial charge in [-0.05, 0) is 53.9 Å². The molecule has 25 heavy (non-hydrogen) atoms. The molecule has 3 heteroatoms. The van der Waals surface area contributed by atoms with Gasteiger partial charge in [-0.2, -0.15) is 0 Å². The fourth-order valence-electron chi connectivity index (χ4n) is 2.84. The summed E-state index contributed by atoms with van der Waals surface area (Å²) < 4.78 is 10.8. The van der Waals surface area contributed by atoms with Gasteiger partial charge in [0.25, 0.3) is 0 Å². The van der Waals surface area contributed by atoms with Crippen LogP contribution < -0.4 is 4.74 Å². The van der Waals surface area contributed by atoms with E-state index in [1.54, 1.807) is 0 Å². The molecule has 3 aromatic rings. The predicted molar refractivity (Wildman–Crippen MR) is 99.8 cm³/mol. The van der Waals surface area contributed by atoms with Gasteiger partial charge in [0.05, 0.1) is 12.5 Å². The molecule has 0 saturated carbocycles. The Morgan fingerprint density at radius 2 is 1.68 bits per heavy atom. The van der Waals surface area contributed by atoms with Crippen LogP contribution in [-0.2, 0) is 21.6 Å². The highest BCUT2D eigenvalue weighted by Crippen LogP contribution is 2.28. The number of rotatable bonds is 5. The van der Waals surface area contributed by atoms with Crippen LogP contribution in [0.15, 0.2) is 66.7 Å². The van der Waals surface area contributed by atoms with Crippen molar-refractivity contribution in [3.05, 3.63) is 77.9 Å². The van der Waals surface area contributed by atoms with Crippen LogP contribution in [0.4, 0.5) is 0 Å². The van der Waals surface area contributed by atoms with Crippen molar-refractivity contribution in [3.63, 3.8) is 0 Å². The molecule has 0 radical (unpaired) electrons. The number of hydrogen-bond acceptors (Lipinski definition) is 3. The lowest BCUT2D eigenvalue weighted by molar-refractivity contribution is -0.146. The van der Waals surface area contributed by atoms with Crippen LogP contribution in [0.2, 0.25) is 0 Å². The van der Waals surface area contributed by atoms with Gasteiger partial charge in [0.2, 0.25) is 0 Å². The Morgan fingerprint density at radius 1 is 0.920 bits per heavy atom. The zero-order valence-corrected chi connectivity index (χ0v) is 14.8. The molecule has 3 nitrogen and oxygen atoms in total. The van der Waals surface area contributed by atoms with Crippen LogP contribution in [0.5, 0.6) is 5.75 Å². The molecule has 0 aliphatic heterocycles. The predicted octanol–water partition coefficient (Wildman–Crippen LogP) is 4.87. The SMILES string of the molecule is COC(=O)C(C)(C)c1cccc(OCc2ccc3ccccc3c2)c1. The van der Waals surface area contributed by atoms with E-state index in [4.69, 9.17) is 9.47 Å². The first-order valence-electron chi connectivity index (χ1n) is 8.30. The van der Waals surface area contributed by atoms with Crippen molar-refractivity contribution in [2.75, 3.05) is 7.11 Å². The molecule has 0 fully saturated rings. The number of carbonyl (C=O) groups excluding carboxylic acids is 1. The standard InChI is InChI=1S/C22H22O3/c1-22(2,21(23)24-3)19-9-6-10-20(14-19)25-15-16-11-12-17-7-4-5-8-18(17)13-16/h4-14H,15H2,1-3H3. The van der Waals surface area contributed by atoms with Crippen LogP contribution in [0.25, 0.3) is 10.8 Å². The second-order valence-electron chi connectivity index (χ2n) is 6.61. The third-order valence-corrected chi connectivity index (χ3v) is 4.47. The van der Waals surface area contributed by atoms with Gasteiger partial charge in [0.15, 0.2) is 0 Å². The van der Waals surface area contributed by atoms with Crippen molar-refractivity contribution >= 4 is 16.7 Å². The maximum Gasteiger partial charge on any atom is 0.315 e. The van der Waals surface area contributed by atoms with Crippen molar-refractivity contribution in [1.82, 2.24) is 0 Å². The molecule has 0 saturated heterocycles. The topological polar surface area (TPSA) is 35.5 Å². The van der Waals surface area contributed by atoms with Gasteiger partial charge in [-0.25, -0.2) is 0 Å². The molecule has 0 aromatic heterocycles. The summed E-state index contributed by atoms with van der Waals surface area (Å²) in [6.45, 7) is 4.18. The lowest BCUT2D eigenvalue weighted by Crippen LogP contribution is -2.30. The minimum Gasteiger partial charge on any atom is -0.489 e. The van der Waals surface area contributed by atoms with Crippen LogP contribution in [0.3, 0.4) is 0 Å². The van der Waals surface area contributed by atoms with Gasteiger partial charge in [-0.15, -0.1) is 0 Å². The average Bonchev–Trinajstić information content (AvgIpc) is 2.65. The number of carbonyl (C=O) groups is 1. The lowest BCUT2D eigenvalue weighted by Gasteiger charge is -2.22. The Morgan fingerprint density at radius 3 is 2.44 bits per heavy atom. The van der Waals surface area contributed by atoms with Crippen molar-refractivity contribution in [2.24, 2.45) is 0 Å². The molecule has 0 spiro atoms. The van der Waals surface area contributed by atoms with E-state index in [0.717, 1.165) is 16.9 Å². The van der Waals surface area contributed by atoms with Gasteiger partial charge in [-0.1, -0.05) is 48.5 Å². The Kier molecular flexibility index (Phi) is 4.75. The normalized spacial score (nSPS) is 11.3. The third kappa shape index (κ3) is 3.66. The molecule has 3 aromatic carbocycles. The summed E-state index contributed by atoms with van der Waals surface area (Å²) in [5.41, 5.74) is 1.27. The molecule has 0 N–H and O–H groups in total. The Bertz CT molecular complexity index is 896. The van der Waals surface area contributed by atoms with Crippen molar-refractivity contribution in [1.29, 1.82) is 0 Å². The smallest absolute Gasteiger partial charge is 0.315 e. The summed E-state index contributed by atoms with van der Waals surface area (Å²) in [6, 6.07) is 22.2. The van der Waals surface area contributed by atoms with Gasteiger partial charge < -0.3 is 9.47 Å². The quantitative estimate of drug-likeness (QED) is 0.625. The summed E-state index contributed by atoms with van der Waals surface area (Å²) in [6.07, 6.45) is 0. The number of fused-ring (bicyclic) bond motifs is 1. The van der Waals surface area contributed by atoms with Gasteiger partial charge in [0.1, 0.15) is 12.4 Å². The zero-order valence-electron chi connectivity index (χ0n) is 14.8. The highest BCUT2D eigenvalue weighted by Gasteiger charge is 2.31. The summed E-state index contributed by atoms with van der Waals surface area (Å²) in [4.78, 5) is 12.0. The largest absolute Gasteiger partial charge is 0.489 e. The molecule has 0 heterocycles. The monoisotopic (exact) mass is 334 g/mol. The number of ether oxygens (including phenoxy) is 2. The molecule has 3 rings (SSSR count). The van der Waals surface area contributed by atoms with E-state index < -0.39 is 5.41 Å². The Hall–Kier alpha value is -2.81. The van der Waals surface area contributed by atoms with Gasteiger partial charge in [-0.3, -0.25) is 4.79 Å². The van der Waals surface area contributed by atoms with E-state index in [1.807, 2.05) is 50.2 Å². The zero-order chi connectivity index (χ0) is 17.9. The number of benzene rings is 3. The van der Waals surface area contributed by atoms with Crippen LogP contribution in [-0.4, -0.2) is 13.1 Å². The maximum atomic E-state index is 12.0. The van der Waals surface area contributed by atoms with Gasteiger partial charge >= 0.3 is 5.97 Å². The highest BCUT2D eigenvalue weighted by atomic mass is 16.5. The van der Waals surface area contributed by atoms with E-state index in [-0.39, 0.29) is 5.97 Å². The molecule has 0 atom stereocenters. The Labute approximate surface area is 148 Å². The fraction of sp³-hybridized carbons (Fsp3) is 0.227. The van der Waals surface area contributed by atoms with E-state index in [9.17, 15) is 4.79 Å². The van der Waals surface area contributed by atoms with E-state index in [1.165, 1.54) is 17.9 Å². The molecule has 0 unspecified atom stereocenters.